The van der Waals surface area contributed by atoms with Crippen LogP contribution in [0.3, 0.4) is 0 Å². The van der Waals surface area contributed by atoms with Crippen molar-refractivity contribution in [2.45, 2.75) is 6.92 Å². The van der Waals surface area contributed by atoms with Crippen LogP contribution in [0.15, 0.2) is 40.9 Å². The average molecular weight is 402 g/mol. The summed E-state index contributed by atoms with van der Waals surface area (Å²) in [5.74, 6) is -1.60. The summed E-state index contributed by atoms with van der Waals surface area (Å²) in [6.07, 6.45) is 0. The zero-order valence-corrected chi connectivity index (χ0v) is 14.5. The molecular weight excluding hydrogens is 391 g/mol. The maximum Gasteiger partial charge on any atom is 0.314 e. The number of halogens is 3. The fourth-order valence-electron chi connectivity index (χ4n) is 1.68. The van der Waals surface area contributed by atoms with Crippen molar-refractivity contribution >= 4 is 62.3 Å². The van der Waals surface area contributed by atoms with Crippen LogP contribution < -0.4 is 10.6 Å². The minimum Gasteiger partial charge on any atom is -0.318 e. The van der Waals surface area contributed by atoms with Gasteiger partial charge in [0.2, 0.25) is 0 Å². The van der Waals surface area contributed by atoms with Gasteiger partial charge in [0.25, 0.3) is 0 Å². The fourth-order valence-corrected chi connectivity index (χ4v) is 2.38. The number of aryl methyl sites for hydroxylation is 1. The zero-order chi connectivity index (χ0) is 16.3. The lowest BCUT2D eigenvalue weighted by atomic mass is 10.2. The molecular formula is C15H11BrCl2N2O2. The molecule has 0 aliphatic carbocycles. The molecule has 0 fully saturated rings. The van der Waals surface area contributed by atoms with Crippen LogP contribution in [-0.2, 0) is 9.59 Å². The van der Waals surface area contributed by atoms with Crippen molar-refractivity contribution in [2.24, 2.45) is 0 Å². The summed E-state index contributed by atoms with van der Waals surface area (Å²) in [6.45, 7) is 1.88. The predicted molar refractivity (Wildman–Crippen MR) is 92.6 cm³/mol. The van der Waals surface area contributed by atoms with E-state index in [-0.39, 0.29) is 5.02 Å². The number of hydrogen-bond donors (Lipinski definition) is 2. The Bertz CT molecular complexity index is 750. The van der Waals surface area contributed by atoms with Crippen molar-refractivity contribution < 1.29 is 9.59 Å². The first kappa shape index (κ1) is 16.8. The van der Waals surface area contributed by atoms with E-state index in [0.29, 0.717) is 16.4 Å². The van der Waals surface area contributed by atoms with E-state index in [4.69, 9.17) is 23.2 Å². The molecule has 0 aliphatic heterocycles. The quantitative estimate of drug-likeness (QED) is 0.720. The fraction of sp³-hybridized carbons (Fsp3) is 0.0667. The molecule has 2 N–H and O–H groups in total. The second kappa shape index (κ2) is 7.13. The molecule has 0 spiro atoms. The molecule has 2 rings (SSSR count). The highest BCUT2D eigenvalue weighted by Crippen LogP contribution is 2.25. The van der Waals surface area contributed by atoms with E-state index in [2.05, 4.69) is 26.6 Å². The number of benzene rings is 2. The summed E-state index contributed by atoms with van der Waals surface area (Å²) in [5.41, 5.74) is 1.79. The molecule has 0 heterocycles. The molecule has 0 bridgehead atoms. The molecule has 0 saturated heterocycles. The Hall–Kier alpha value is -1.56. The topological polar surface area (TPSA) is 58.2 Å². The molecule has 7 heteroatoms. The van der Waals surface area contributed by atoms with Gasteiger partial charge < -0.3 is 10.6 Å². The molecule has 0 aliphatic rings. The van der Waals surface area contributed by atoms with E-state index < -0.39 is 11.8 Å². The van der Waals surface area contributed by atoms with Crippen LogP contribution in [0.1, 0.15) is 5.56 Å². The third-order valence-corrected chi connectivity index (χ3v) is 4.24. The highest BCUT2D eigenvalue weighted by atomic mass is 79.9. The van der Waals surface area contributed by atoms with Crippen molar-refractivity contribution in [3.63, 3.8) is 0 Å². The van der Waals surface area contributed by atoms with E-state index >= 15 is 0 Å². The monoisotopic (exact) mass is 400 g/mol. The Labute approximate surface area is 145 Å². The molecule has 2 aromatic rings. The minimum atomic E-state index is -0.815. The molecule has 0 aromatic heterocycles. The summed E-state index contributed by atoms with van der Waals surface area (Å²) >= 11 is 15.1. The molecule has 0 atom stereocenters. The Morgan fingerprint density at radius 3 is 2.32 bits per heavy atom. The predicted octanol–water partition coefficient (Wildman–Crippen LogP) is 4.64. The smallest absolute Gasteiger partial charge is 0.314 e. The first-order chi connectivity index (χ1) is 10.4. The van der Waals surface area contributed by atoms with Crippen LogP contribution in [-0.4, -0.2) is 11.8 Å². The average Bonchev–Trinajstić information content (AvgIpc) is 2.45. The van der Waals surface area contributed by atoms with Crippen LogP contribution in [0.2, 0.25) is 10.0 Å². The van der Waals surface area contributed by atoms with Crippen molar-refractivity contribution in [1.29, 1.82) is 0 Å². The number of anilines is 2. The van der Waals surface area contributed by atoms with E-state index in [0.717, 1.165) is 10.0 Å². The SMILES string of the molecule is Cc1cc(NC(=O)C(=O)Nc2ccc(Cl)cc2Cl)ccc1Br. The zero-order valence-electron chi connectivity index (χ0n) is 11.4. The van der Waals surface area contributed by atoms with Gasteiger partial charge in [-0.05, 0) is 48.9 Å². The van der Waals surface area contributed by atoms with E-state index in [1.54, 1.807) is 24.3 Å². The first-order valence-corrected chi connectivity index (χ1v) is 7.75. The van der Waals surface area contributed by atoms with Crippen LogP contribution in [0.5, 0.6) is 0 Å². The lowest BCUT2D eigenvalue weighted by Crippen LogP contribution is -2.29. The molecule has 2 amide bonds. The molecule has 22 heavy (non-hydrogen) atoms. The normalized spacial score (nSPS) is 10.2. The van der Waals surface area contributed by atoms with E-state index in [1.807, 2.05) is 6.92 Å². The van der Waals surface area contributed by atoms with Crippen molar-refractivity contribution in [2.75, 3.05) is 10.6 Å². The number of carbonyl (C=O) groups is 2. The Balaban J connectivity index is 2.05. The summed E-state index contributed by atoms with van der Waals surface area (Å²) in [7, 11) is 0. The first-order valence-electron chi connectivity index (χ1n) is 6.20. The Morgan fingerprint density at radius 2 is 1.68 bits per heavy atom. The van der Waals surface area contributed by atoms with Gasteiger partial charge in [0.15, 0.2) is 0 Å². The Kier molecular flexibility index (Phi) is 5.45. The van der Waals surface area contributed by atoms with Gasteiger partial charge in [-0.25, -0.2) is 0 Å². The third-order valence-electron chi connectivity index (χ3n) is 2.80. The van der Waals surface area contributed by atoms with Gasteiger partial charge >= 0.3 is 11.8 Å². The van der Waals surface area contributed by atoms with Gasteiger partial charge in [0, 0.05) is 15.2 Å². The molecule has 0 radical (unpaired) electrons. The van der Waals surface area contributed by atoms with Gasteiger partial charge in [-0.2, -0.15) is 0 Å². The standard InChI is InChI=1S/C15H11BrCl2N2O2/c1-8-6-10(3-4-11(8)16)19-14(21)15(22)20-13-5-2-9(17)7-12(13)18/h2-7H,1H3,(H,19,21)(H,20,22). The second-order valence-corrected chi connectivity index (χ2v) is 6.19. The molecule has 0 unspecified atom stereocenters. The largest absolute Gasteiger partial charge is 0.318 e. The van der Waals surface area contributed by atoms with Gasteiger partial charge in [0.1, 0.15) is 0 Å². The van der Waals surface area contributed by atoms with E-state index in [1.165, 1.54) is 12.1 Å². The third kappa shape index (κ3) is 4.22. The van der Waals surface area contributed by atoms with Gasteiger partial charge in [-0.15, -0.1) is 0 Å². The molecule has 2 aromatic carbocycles. The summed E-state index contributed by atoms with van der Waals surface area (Å²) in [4.78, 5) is 23.8. The van der Waals surface area contributed by atoms with Gasteiger partial charge in [0.05, 0.1) is 10.7 Å². The van der Waals surface area contributed by atoms with Gasteiger partial charge in [-0.3, -0.25) is 9.59 Å². The molecule has 114 valence electrons. The number of amides is 2. The summed E-state index contributed by atoms with van der Waals surface area (Å²) in [5, 5.41) is 5.65. The van der Waals surface area contributed by atoms with Crippen LogP contribution >= 0.6 is 39.1 Å². The second-order valence-electron chi connectivity index (χ2n) is 4.50. The van der Waals surface area contributed by atoms with Crippen molar-refractivity contribution in [3.8, 4) is 0 Å². The van der Waals surface area contributed by atoms with Crippen molar-refractivity contribution in [3.05, 3.63) is 56.5 Å². The van der Waals surface area contributed by atoms with Crippen LogP contribution in [0.4, 0.5) is 11.4 Å². The molecule has 0 saturated carbocycles. The highest BCUT2D eigenvalue weighted by molar-refractivity contribution is 9.10. The minimum absolute atomic E-state index is 0.258. The van der Waals surface area contributed by atoms with Crippen LogP contribution in [0.25, 0.3) is 0 Å². The number of nitrogens with one attached hydrogen (secondary N) is 2. The van der Waals surface area contributed by atoms with Crippen LogP contribution in [0, 0.1) is 6.92 Å². The number of rotatable bonds is 2. The maximum atomic E-state index is 11.9. The summed E-state index contributed by atoms with van der Waals surface area (Å²) < 4.78 is 0.919. The lowest BCUT2D eigenvalue weighted by Gasteiger charge is -2.09. The Morgan fingerprint density at radius 1 is 1.00 bits per heavy atom. The van der Waals surface area contributed by atoms with Gasteiger partial charge in [-0.1, -0.05) is 39.1 Å². The molecule has 4 nitrogen and oxygen atoms in total. The van der Waals surface area contributed by atoms with E-state index in [9.17, 15) is 9.59 Å². The maximum absolute atomic E-state index is 11.9. The number of carbonyl (C=O) groups excluding carboxylic acids is 2. The summed E-state index contributed by atoms with van der Waals surface area (Å²) in [6, 6.07) is 9.81. The number of hydrogen-bond acceptors (Lipinski definition) is 2. The van der Waals surface area contributed by atoms with Crippen molar-refractivity contribution in [1.82, 2.24) is 0 Å². The highest BCUT2D eigenvalue weighted by Gasteiger charge is 2.15. The lowest BCUT2D eigenvalue weighted by molar-refractivity contribution is -0.132.